The van der Waals surface area contributed by atoms with E-state index in [-0.39, 0.29) is 5.91 Å². The van der Waals surface area contributed by atoms with Gasteiger partial charge in [-0.25, -0.2) is 0 Å². The topological polar surface area (TPSA) is 29.1 Å². The van der Waals surface area contributed by atoms with E-state index in [1.54, 1.807) is 11.3 Å². The Morgan fingerprint density at radius 3 is 3.06 bits per heavy atom. The lowest BCUT2D eigenvalue weighted by atomic mass is 10.1. The molecule has 2 nitrogen and oxygen atoms in total. The molecular weight excluding hydrogens is 218 g/mol. The number of aryl methyl sites for hydroxylation is 1. The first-order chi connectivity index (χ1) is 7.74. The molecule has 1 aromatic heterocycles. The zero-order valence-corrected chi connectivity index (χ0v) is 10.6. The maximum Gasteiger partial charge on any atom is 0.220 e. The molecule has 0 saturated heterocycles. The molecule has 1 aliphatic rings. The zero-order valence-electron chi connectivity index (χ0n) is 9.74. The van der Waals surface area contributed by atoms with Crippen LogP contribution in [0.4, 0.5) is 0 Å². The number of hydrogen-bond donors (Lipinski definition) is 1. The van der Waals surface area contributed by atoms with E-state index < -0.39 is 0 Å². The van der Waals surface area contributed by atoms with Crippen LogP contribution in [0.15, 0.2) is 17.5 Å². The van der Waals surface area contributed by atoms with Crippen molar-refractivity contribution in [2.24, 2.45) is 5.92 Å². The summed E-state index contributed by atoms with van der Waals surface area (Å²) in [6, 6.07) is 4.57. The summed E-state index contributed by atoms with van der Waals surface area (Å²) in [5.74, 6) is 0.995. The van der Waals surface area contributed by atoms with Gasteiger partial charge in [0.25, 0.3) is 0 Å². The van der Waals surface area contributed by atoms with Crippen LogP contribution in [0.3, 0.4) is 0 Å². The highest BCUT2D eigenvalue weighted by atomic mass is 32.1. The molecule has 1 N–H and O–H groups in total. The van der Waals surface area contributed by atoms with Gasteiger partial charge in [-0.05, 0) is 43.0 Å². The molecule has 2 unspecified atom stereocenters. The number of rotatable bonds is 4. The predicted molar refractivity (Wildman–Crippen MR) is 67.6 cm³/mol. The summed E-state index contributed by atoms with van der Waals surface area (Å²) in [6.07, 6.45) is 5.09. The van der Waals surface area contributed by atoms with E-state index in [0.717, 1.165) is 25.2 Å². The van der Waals surface area contributed by atoms with Gasteiger partial charge in [0.2, 0.25) is 5.91 Å². The molecule has 3 heteroatoms. The summed E-state index contributed by atoms with van der Waals surface area (Å²) >= 11 is 1.73. The maximum absolute atomic E-state index is 11.7. The molecule has 0 aliphatic heterocycles. The van der Waals surface area contributed by atoms with Crippen molar-refractivity contribution in [3.8, 4) is 0 Å². The molecule has 88 valence electrons. The highest BCUT2D eigenvalue weighted by Crippen LogP contribution is 2.24. The molecule has 2 atom stereocenters. The number of amides is 1. The summed E-state index contributed by atoms with van der Waals surface area (Å²) in [5, 5.41) is 5.20. The molecular formula is C13H19NOS. The Hall–Kier alpha value is -0.830. The minimum absolute atomic E-state index is 0.215. The van der Waals surface area contributed by atoms with Gasteiger partial charge in [0.1, 0.15) is 0 Å². The van der Waals surface area contributed by atoms with Gasteiger partial charge in [0.05, 0.1) is 0 Å². The lowest BCUT2D eigenvalue weighted by molar-refractivity contribution is -0.121. The molecule has 1 fully saturated rings. The largest absolute Gasteiger partial charge is 0.353 e. The second kappa shape index (κ2) is 5.48. The molecule has 1 saturated carbocycles. The molecule has 1 heterocycles. The number of carbonyl (C=O) groups is 1. The Bertz CT molecular complexity index is 334. The first kappa shape index (κ1) is 11.6. The summed E-state index contributed by atoms with van der Waals surface area (Å²) < 4.78 is 0. The van der Waals surface area contributed by atoms with Gasteiger partial charge in [0, 0.05) is 17.3 Å². The number of thiophene rings is 1. The number of nitrogens with one attached hydrogen (secondary N) is 1. The van der Waals surface area contributed by atoms with Crippen LogP contribution in [0.5, 0.6) is 0 Å². The molecule has 0 aromatic carbocycles. The third-order valence-corrected chi connectivity index (χ3v) is 4.17. The van der Waals surface area contributed by atoms with Crippen LogP contribution in [-0.2, 0) is 11.2 Å². The summed E-state index contributed by atoms with van der Waals surface area (Å²) in [7, 11) is 0. The van der Waals surface area contributed by atoms with E-state index in [4.69, 9.17) is 0 Å². The van der Waals surface area contributed by atoms with Gasteiger partial charge in [-0.2, -0.15) is 0 Å². The quantitative estimate of drug-likeness (QED) is 0.857. The van der Waals surface area contributed by atoms with Gasteiger partial charge >= 0.3 is 0 Å². The summed E-state index contributed by atoms with van der Waals surface area (Å²) in [5.41, 5.74) is 0. The Balaban J connectivity index is 1.68. The average molecular weight is 237 g/mol. The Labute approximate surface area is 101 Å². The third-order valence-electron chi connectivity index (χ3n) is 3.24. The van der Waals surface area contributed by atoms with E-state index in [9.17, 15) is 4.79 Å². The Morgan fingerprint density at radius 1 is 1.56 bits per heavy atom. The van der Waals surface area contributed by atoms with E-state index in [1.807, 2.05) is 6.07 Å². The van der Waals surface area contributed by atoms with Gasteiger partial charge in [-0.3, -0.25) is 4.79 Å². The first-order valence-electron chi connectivity index (χ1n) is 6.06. The normalized spacial score (nSPS) is 24.6. The fourth-order valence-corrected chi connectivity index (χ4v) is 3.04. The van der Waals surface area contributed by atoms with Crippen molar-refractivity contribution >= 4 is 17.2 Å². The van der Waals surface area contributed by atoms with Crippen LogP contribution in [-0.4, -0.2) is 11.9 Å². The van der Waals surface area contributed by atoms with Crippen molar-refractivity contribution in [1.29, 1.82) is 0 Å². The molecule has 0 radical (unpaired) electrons. The molecule has 1 aliphatic carbocycles. The lowest BCUT2D eigenvalue weighted by Gasteiger charge is -2.11. The Morgan fingerprint density at radius 2 is 2.44 bits per heavy atom. The van der Waals surface area contributed by atoms with Crippen molar-refractivity contribution in [3.63, 3.8) is 0 Å². The molecule has 0 spiro atoms. The van der Waals surface area contributed by atoms with Crippen molar-refractivity contribution in [2.45, 2.75) is 45.1 Å². The van der Waals surface area contributed by atoms with Crippen LogP contribution in [0.25, 0.3) is 0 Å². The van der Waals surface area contributed by atoms with Crippen LogP contribution in [0.1, 0.15) is 37.5 Å². The molecule has 1 amide bonds. The van der Waals surface area contributed by atoms with E-state index in [0.29, 0.717) is 12.5 Å². The second-order valence-electron chi connectivity index (χ2n) is 4.76. The molecule has 0 bridgehead atoms. The van der Waals surface area contributed by atoms with Gasteiger partial charge < -0.3 is 5.32 Å². The lowest BCUT2D eigenvalue weighted by Crippen LogP contribution is -2.32. The second-order valence-corrected chi connectivity index (χ2v) is 5.79. The smallest absolute Gasteiger partial charge is 0.220 e. The minimum Gasteiger partial charge on any atom is -0.353 e. The Kier molecular flexibility index (Phi) is 3.99. The van der Waals surface area contributed by atoms with E-state index in [2.05, 4.69) is 23.7 Å². The van der Waals surface area contributed by atoms with Crippen molar-refractivity contribution in [2.75, 3.05) is 0 Å². The predicted octanol–water partition coefficient (Wildman–Crippen LogP) is 2.99. The van der Waals surface area contributed by atoms with Gasteiger partial charge in [0.15, 0.2) is 0 Å². The van der Waals surface area contributed by atoms with Crippen LogP contribution < -0.4 is 5.32 Å². The monoisotopic (exact) mass is 237 g/mol. The summed E-state index contributed by atoms with van der Waals surface area (Å²) in [6.45, 7) is 2.26. The van der Waals surface area contributed by atoms with Crippen molar-refractivity contribution in [3.05, 3.63) is 22.4 Å². The zero-order chi connectivity index (χ0) is 11.4. The summed E-state index contributed by atoms with van der Waals surface area (Å²) in [4.78, 5) is 13.0. The first-order valence-corrected chi connectivity index (χ1v) is 6.94. The van der Waals surface area contributed by atoms with Gasteiger partial charge in [-0.15, -0.1) is 11.3 Å². The fraction of sp³-hybridized carbons (Fsp3) is 0.615. The van der Waals surface area contributed by atoms with Crippen LogP contribution in [0.2, 0.25) is 0 Å². The molecule has 16 heavy (non-hydrogen) atoms. The van der Waals surface area contributed by atoms with Crippen molar-refractivity contribution < 1.29 is 4.79 Å². The number of carbonyl (C=O) groups excluding carboxylic acids is 1. The standard InChI is InChI=1S/C13H19NOS/c1-10-4-5-11(9-10)14-13(15)7-6-12-3-2-8-16-12/h2-3,8,10-11H,4-7,9H2,1H3,(H,14,15). The highest BCUT2D eigenvalue weighted by molar-refractivity contribution is 7.09. The highest BCUT2D eigenvalue weighted by Gasteiger charge is 2.22. The van der Waals surface area contributed by atoms with Gasteiger partial charge in [-0.1, -0.05) is 13.0 Å². The SMILES string of the molecule is CC1CCC(NC(=O)CCc2cccs2)C1. The number of hydrogen-bond acceptors (Lipinski definition) is 2. The van der Waals surface area contributed by atoms with E-state index in [1.165, 1.54) is 11.3 Å². The molecule has 1 aromatic rings. The van der Waals surface area contributed by atoms with Crippen LogP contribution in [0, 0.1) is 5.92 Å². The fourth-order valence-electron chi connectivity index (χ4n) is 2.33. The van der Waals surface area contributed by atoms with Crippen LogP contribution >= 0.6 is 11.3 Å². The average Bonchev–Trinajstić information content (AvgIpc) is 2.87. The minimum atomic E-state index is 0.215. The van der Waals surface area contributed by atoms with E-state index >= 15 is 0 Å². The molecule has 2 rings (SSSR count). The third kappa shape index (κ3) is 3.34. The van der Waals surface area contributed by atoms with Crippen molar-refractivity contribution in [1.82, 2.24) is 5.32 Å². The maximum atomic E-state index is 11.7.